The Morgan fingerprint density at radius 3 is 2.56 bits per heavy atom. The highest BCUT2D eigenvalue weighted by molar-refractivity contribution is 5.74. The van der Waals surface area contributed by atoms with Gasteiger partial charge in [-0.15, -0.1) is 0 Å². The maximum atomic E-state index is 14.1. The van der Waals surface area contributed by atoms with E-state index in [9.17, 15) is 13.6 Å². The molecule has 0 unspecified atom stereocenters. The molecule has 178 valence electrons. The first-order valence-electron chi connectivity index (χ1n) is 11.4. The predicted molar refractivity (Wildman–Crippen MR) is 123 cm³/mol. The van der Waals surface area contributed by atoms with Crippen LogP contribution in [0.15, 0.2) is 30.6 Å². The highest BCUT2D eigenvalue weighted by Crippen LogP contribution is 2.31. The third-order valence-corrected chi connectivity index (χ3v) is 6.51. The second-order valence-corrected chi connectivity index (χ2v) is 8.86. The Balaban J connectivity index is 1.39. The van der Waals surface area contributed by atoms with Crippen molar-refractivity contribution in [1.82, 2.24) is 29.5 Å². The molecule has 0 saturated carbocycles. The zero-order chi connectivity index (χ0) is 23.8. The number of hydrogen-bond acceptors (Lipinski definition) is 6. The van der Waals surface area contributed by atoms with E-state index in [-0.39, 0.29) is 5.91 Å². The third kappa shape index (κ3) is 4.37. The van der Waals surface area contributed by atoms with Crippen LogP contribution in [0.4, 0.5) is 14.6 Å². The van der Waals surface area contributed by atoms with Gasteiger partial charge in [-0.25, -0.2) is 18.7 Å². The van der Waals surface area contributed by atoms with E-state index in [4.69, 9.17) is 9.97 Å². The first-order chi connectivity index (χ1) is 16.4. The van der Waals surface area contributed by atoms with Gasteiger partial charge in [0.1, 0.15) is 5.69 Å². The summed E-state index contributed by atoms with van der Waals surface area (Å²) >= 11 is 0. The molecule has 1 fully saturated rings. The van der Waals surface area contributed by atoms with Crippen LogP contribution < -0.4 is 4.90 Å². The van der Waals surface area contributed by atoms with E-state index in [1.54, 1.807) is 34.8 Å². The fraction of sp³-hybridized carbons (Fsp3) is 0.417. The van der Waals surface area contributed by atoms with Crippen LogP contribution in [-0.2, 0) is 31.4 Å². The molecule has 4 heterocycles. The number of benzene rings is 1. The maximum Gasteiger partial charge on any atom is 0.219 e. The Hall–Kier alpha value is -3.40. The number of anilines is 1. The summed E-state index contributed by atoms with van der Waals surface area (Å²) in [7, 11) is 1.86. The zero-order valence-corrected chi connectivity index (χ0v) is 19.3. The van der Waals surface area contributed by atoms with Gasteiger partial charge in [0.2, 0.25) is 5.91 Å². The van der Waals surface area contributed by atoms with Gasteiger partial charge in [-0.2, -0.15) is 5.10 Å². The first kappa shape index (κ1) is 22.4. The molecule has 8 nitrogen and oxygen atoms in total. The van der Waals surface area contributed by atoms with Gasteiger partial charge in [0.25, 0.3) is 0 Å². The molecule has 0 spiro atoms. The number of halogens is 2. The van der Waals surface area contributed by atoms with Crippen molar-refractivity contribution in [2.24, 2.45) is 7.05 Å². The van der Waals surface area contributed by atoms with Crippen LogP contribution in [0.25, 0.3) is 11.3 Å². The number of carbonyl (C=O) groups is 1. The molecule has 0 bridgehead atoms. The number of piperazine rings is 1. The first-order valence-corrected chi connectivity index (χ1v) is 11.4. The van der Waals surface area contributed by atoms with Crippen LogP contribution in [0, 0.1) is 11.6 Å². The Morgan fingerprint density at radius 1 is 1.06 bits per heavy atom. The number of aromatic nitrogens is 4. The smallest absolute Gasteiger partial charge is 0.219 e. The van der Waals surface area contributed by atoms with Crippen molar-refractivity contribution in [2.45, 2.75) is 26.4 Å². The summed E-state index contributed by atoms with van der Waals surface area (Å²) in [4.78, 5) is 28.0. The highest BCUT2D eigenvalue weighted by atomic mass is 19.2. The summed E-state index contributed by atoms with van der Waals surface area (Å²) in [5, 5.41) is 4.30. The van der Waals surface area contributed by atoms with Gasteiger partial charge in [0.05, 0.1) is 24.1 Å². The van der Waals surface area contributed by atoms with Gasteiger partial charge in [-0.3, -0.25) is 14.4 Å². The quantitative estimate of drug-likeness (QED) is 0.587. The van der Waals surface area contributed by atoms with E-state index in [0.717, 1.165) is 34.5 Å². The fourth-order valence-electron chi connectivity index (χ4n) is 4.58. The van der Waals surface area contributed by atoms with Crippen LogP contribution in [0.3, 0.4) is 0 Å². The van der Waals surface area contributed by atoms with E-state index in [0.29, 0.717) is 57.8 Å². The molecule has 2 aliphatic heterocycles. The Labute approximate surface area is 196 Å². The molecule has 2 aliphatic rings. The van der Waals surface area contributed by atoms with Crippen molar-refractivity contribution in [3.63, 3.8) is 0 Å². The maximum absolute atomic E-state index is 14.1. The zero-order valence-electron chi connectivity index (χ0n) is 19.3. The van der Waals surface area contributed by atoms with Crippen molar-refractivity contribution in [3.8, 4) is 11.3 Å². The number of rotatable bonds is 4. The second kappa shape index (κ2) is 9.09. The van der Waals surface area contributed by atoms with E-state index in [1.165, 1.54) is 0 Å². The normalized spacial score (nSPS) is 16.6. The molecule has 34 heavy (non-hydrogen) atoms. The summed E-state index contributed by atoms with van der Waals surface area (Å²) in [6, 6.07) is 4.31. The molecule has 0 aliphatic carbocycles. The number of fused-ring (bicyclic) bond motifs is 1. The summed E-state index contributed by atoms with van der Waals surface area (Å²) in [6.07, 6.45) is 4.35. The van der Waals surface area contributed by atoms with E-state index in [1.807, 2.05) is 13.2 Å². The molecule has 2 aromatic heterocycles. The number of amides is 1. The van der Waals surface area contributed by atoms with Crippen LogP contribution in [0.5, 0.6) is 0 Å². The average Bonchev–Trinajstić information content (AvgIpc) is 3.27. The number of carbonyl (C=O) groups excluding carboxylic acids is 1. The molecule has 1 aromatic carbocycles. The van der Waals surface area contributed by atoms with Gasteiger partial charge in [-0.1, -0.05) is 12.1 Å². The Kier molecular flexibility index (Phi) is 5.99. The molecule has 0 atom stereocenters. The average molecular weight is 468 g/mol. The predicted octanol–water partition coefficient (Wildman–Crippen LogP) is 2.38. The SMILES string of the molecule is CC(=O)N1CCc2nc(N3CCN(Cc4cccc(F)c4F)CC3)c(-c3cnn(C)c3)nc2C1. The molecular weight excluding hydrogens is 440 g/mol. The van der Waals surface area contributed by atoms with Gasteiger partial charge in [-0.05, 0) is 6.07 Å². The van der Waals surface area contributed by atoms with Crippen LogP contribution in [-0.4, -0.2) is 68.2 Å². The standard InChI is InChI=1S/C24H27F2N7O/c1-16(34)33-7-6-20-21(15-33)28-23(18-12-27-30(2)13-18)24(29-20)32-10-8-31(9-11-32)14-17-4-3-5-19(25)22(17)26/h3-5,12-13H,6-11,14-15H2,1-2H3. The van der Waals surface area contributed by atoms with Crippen molar-refractivity contribution >= 4 is 11.7 Å². The number of nitrogens with zero attached hydrogens (tertiary/aromatic N) is 7. The molecule has 5 rings (SSSR count). The Bertz CT molecular complexity index is 1220. The lowest BCUT2D eigenvalue weighted by Gasteiger charge is -2.37. The molecular formula is C24H27F2N7O. The monoisotopic (exact) mass is 467 g/mol. The lowest BCUT2D eigenvalue weighted by atomic mass is 10.1. The minimum atomic E-state index is -0.815. The lowest BCUT2D eigenvalue weighted by molar-refractivity contribution is -0.129. The number of hydrogen-bond donors (Lipinski definition) is 0. The minimum absolute atomic E-state index is 0.0327. The second-order valence-electron chi connectivity index (χ2n) is 8.86. The van der Waals surface area contributed by atoms with Gasteiger partial charge in [0, 0.05) is 77.0 Å². The van der Waals surface area contributed by atoms with E-state index < -0.39 is 11.6 Å². The molecule has 3 aromatic rings. The van der Waals surface area contributed by atoms with Crippen molar-refractivity contribution in [2.75, 3.05) is 37.6 Å². The van der Waals surface area contributed by atoms with Gasteiger partial charge in [0.15, 0.2) is 17.5 Å². The van der Waals surface area contributed by atoms with Crippen molar-refractivity contribution in [3.05, 3.63) is 59.2 Å². The molecule has 0 N–H and O–H groups in total. The molecule has 0 radical (unpaired) electrons. The largest absolute Gasteiger partial charge is 0.352 e. The summed E-state index contributed by atoms with van der Waals surface area (Å²) in [5.74, 6) is -0.751. The highest BCUT2D eigenvalue weighted by Gasteiger charge is 2.28. The summed E-state index contributed by atoms with van der Waals surface area (Å²) in [5.41, 5.74) is 3.74. The summed E-state index contributed by atoms with van der Waals surface area (Å²) in [6.45, 7) is 5.80. The lowest BCUT2D eigenvalue weighted by Crippen LogP contribution is -2.47. The molecule has 1 saturated heterocycles. The van der Waals surface area contributed by atoms with Gasteiger partial charge >= 0.3 is 0 Å². The Morgan fingerprint density at radius 2 is 1.85 bits per heavy atom. The van der Waals surface area contributed by atoms with Crippen molar-refractivity contribution in [1.29, 1.82) is 0 Å². The third-order valence-electron chi connectivity index (χ3n) is 6.51. The fourth-order valence-corrected chi connectivity index (χ4v) is 4.58. The number of aryl methyl sites for hydroxylation is 1. The van der Waals surface area contributed by atoms with Crippen molar-refractivity contribution < 1.29 is 13.6 Å². The van der Waals surface area contributed by atoms with E-state index in [2.05, 4.69) is 14.9 Å². The molecule has 1 amide bonds. The van der Waals surface area contributed by atoms with Crippen LogP contribution >= 0.6 is 0 Å². The molecule has 10 heteroatoms. The summed E-state index contributed by atoms with van der Waals surface area (Å²) < 4.78 is 29.4. The van der Waals surface area contributed by atoms with E-state index >= 15 is 0 Å². The topological polar surface area (TPSA) is 70.4 Å². The van der Waals surface area contributed by atoms with Gasteiger partial charge < -0.3 is 9.80 Å². The minimum Gasteiger partial charge on any atom is -0.352 e. The van der Waals surface area contributed by atoms with Crippen LogP contribution in [0.1, 0.15) is 23.9 Å². The van der Waals surface area contributed by atoms with Crippen LogP contribution in [0.2, 0.25) is 0 Å².